The van der Waals surface area contributed by atoms with Gasteiger partial charge in [-0.05, 0) is 67.1 Å². The molecule has 30 heavy (non-hydrogen) atoms. The Balaban J connectivity index is 1.64. The molecule has 0 radical (unpaired) electrons. The molecule has 5 nitrogen and oxygen atoms in total. The Kier molecular flexibility index (Phi) is 6.82. The number of carbonyl (C=O) groups is 2. The Morgan fingerprint density at radius 3 is 2.13 bits per heavy atom. The van der Waals surface area contributed by atoms with E-state index in [-0.39, 0.29) is 10.9 Å². The summed E-state index contributed by atoms with van der Waals surface area (Å²) in [5.74, 6) is -1.23. The monoisotopic (exact) mass is 443 g/mol. The van der Waals surface area contributed by atoms with Crippen molar-refractivity contribution in [2.24, 2.45) is 5.10 Å². The van der Waals surface area contributed by atoms with E-state index < -0.39 is 11.7 Å². The van der Waals surface area contributed by atoms with Crippen molar-refractivity contribution in [3.63, 3.8) is 0 Å². The first-order valence-corrected chi connectivity index (χ1v) is 9.56. The van der Waals surface area contributed by atoms with Crippen molar-refractivity contribution in [2.45, 2.75) is 6.92 Å². The lowest BCUT2D eigenvalue weighted by atomic mass is 10.1. The first-order valence-electron chi connectivity index (χ1n) is 8.80. The van der Waals surface area contributed by atoms with Crippen LogP contribution < -0.4 is 10.7 Å². The zero-order chi connectivity index (χ0) is 21.7. The highest BCUT2D eigenvalue weighted by molar-refractivity contribution is 6.37. The van der Waals surface area contributed by atoms with E-state index in [1.807, 2.05) is 0 Å². The van der Waals surface area contributed by atoms with E-state index in [0.29, 0.717) is 27.5 Å². The Labute approximate surface area is 182 Å². The van der Waals surface area contributed by atoms with Crippen molar-refractivity contribution in [2.75, 3.05) is 5.32 Å². The van der Waals surface area contributed by atoms with Gasteiger partial charge in [-0.15, -0.1) is 0 Å². The summed E-state index contributed by atoms with van der Waals surface area (Å²) in [6, 6.07) is 16.7. The Hall–Kier alpha value is -3.22. The number of hydrogen-bond donors (Lipinski definition) is 2. The number of amides is 2. The third-order valence-electron chi connectivity index (χ3n) is 4.17. The molecule has 3 rings (SSSR count). The lowest BCUT2D eigenvalue weighted by molar-refractivity contribution is 0.0954. The van der Waals surface area contributed by atoms with Gasteiger partial charge in [0.1, 0.15) is 5.82 Å². The van der Waals surface area contributed by atoms with Crippen LogP contribution in [-0.2, 0) is 0 Å². The van der Waals surface area contributed by atoms with Gasteiger partial charge < -0.3 is 5.32 Å². The van der Waals surface area contributed by atoms with Crippen LogP contribution in [0.1, 0.15) is 33.2 Å². The highest BCUT2D eigenvalue weighted by Gasteiger charge is 2.11. The maximum absolute atomic E-state index is 12.9. The third kappa shape index (κ3) is 5.43. The van der Waals surface area contributed by atoms with E-state index in [0.717, 1.165) is 5.56 Å². The van der Waals surface area contributed by atoms with Gasteiger partial charge in [-0.1, -0.05) is 35.3 Å². The van der Waals surface area contributed by atoms with Crippen LogP contribution in [0.4, 0.5) is 10.1 Å². The van der Waals surface area contributed by atoms with E-state index in [4.69, 9.17) is 23.2 Å². The van der Waals surface area contributed by atoms with Crippen LogP contribution in [0.15, 0.2) is 71.8 Å². The molecule has 2 amide bonds. The number of halogens is 3. The average molecular weight is 444 g/mol. The lowest BCUT2D eigenvalue weighted by Crippen LogP contribution is -2.19. The van der Waals surface area contributed by atoms with E-state index in [9.17, 15) is 14.0 Å². The number of carbonyl (C=O) groups excluding carboxylic acids is 2. The summed E-state index contributed by atoms with van der Waals surface area (Å²) in [7, 11) is 0. The van der Waals surface area contributed by atoms with Crippen molar-refractivity contribution in [1.29, 1.82) is 0 Å². The summed E-state index contributed by atoms with van der Waals surface area (Å²) in [6.45, 7) is 1.73. The second-order valence-electron chi connectivity index (χ2n) is 6.30. The van der Waals surface area contributed by atoms with Gasteiger partial charge in [0.2, 0.25) is 0 Å². The van der Waals surface area contributed by atoms with Gasteiger partial charge >= 0.3 is 0 Å². The molecular weight excluding hydrogens is 428 g/mol. The molecule has 3 aromatic carbocycles. The normalized spacial score (nSPS) is 11.1. The largest absolute Gasteiger partial charge is 0.322 e. The molecular formula is C22H16Cl2FN3O2. The number of nitrogens with zero attached hydrogens (tertiary/aromatic N) is 1. The summed E-state index contributed by atoms with van der Waals surface area (Å²) in [5, 5.41) is 7.52. The molecule has 152 valence electrons. The van der Waals surface area contributed by atoms with Gasteiger partial charge in [0.25, 0.3) is 11.8 Å². The molecule has 0 spiro atoms. The first-order chi connectivity index (χ1) is 14.3. The molecule has 0 aliphatic rings. The molecule has 0 atom stereocenters. The van der Waals surface area contributed by atoms with Crippen molar-refractivity contribution in [3.8, 4) is 0 Å². The molecule has 0 aliphatic heterocycles. The van der Waals surface area contributed by atoms with E-state index in [2.05, 4.69) is 15.8 Å². The van der Waals surface area contributed by atoms with Crippen molar-refractivity contribution < 1.29 is 14.0 Å². The number of benzene rings is 3. The van der Waals surface area contributed by atoms with Gasteiger partial charge in [-0.2, -0.15) is 5.10 Å². The van der Waals surface area contributed by atoms with E-state index in [1.165, 1.54) is 30.3 Å². The summed E-state index contributed by atoms with van der Waals surface area (Å²) < 4.78 is 12.9. The number of nitrogens with one attached hydrogen (secondary N) is 2. The SMILES string of the molecule is CC(=NNC(=O)c1ccc(F)cc1)c1ccc(NC(=O)c2ccc(Cl)cc2Cl)cc1. The number of anilines is 1. The summed E-state index contributed by atoms with van der Waals surface area (Å²) in [6.07, 6.45) is 0. The smallest absolute Gasteiger partial charge is 0.271 e. The molecule has 0 aliphatic carbocycles. The minimum absolute atomic E-state index is 0.261. The second-order valence-corrected chi connectivity index (χ2v) is 7.14. The predicted molar refractivity (Wildman–Crippen MR) is 117 cm³/mol. The van der Waals surface area contributed by atoms with E-state index >= 15 is 0 Å². The summed E-state index contributed by atoms with van der Waals surface area (Å²) in [5.41, 5.74) is 4.91. The van der Waals surface area contributed by atoms with E-state index in [1.54, 1.807) is 43.3 Å². The zero-order valence-corrected chi connectivity index (χ0v) is 17.3. The topological polar surface area (TPSA) is 70.6 Å². The zero-order valence-electron chi connectivity index (χ0n) is 15.7. The fourth-order valence-corrected chi connectivity index (χ4v) is 3.03. The summed E-state index contributed by atoms with van der Waals surface area (Å²) >= 11 is 11.9. The second kappa shape index (κ2) is 9.52. The van der Waals surface area contributed by atoms with Gasteiger partial charge in [-0.3, -0.25) is 9.59 Å². The van der Waals surface area contributed by atoms with Crippen molar-refractivity contribution in [3.05, 3.63) is 99.3 Å². The molecule has 8 heteroatoms. The molecule has 0 saturated carbocycles. The van der Waals surface area contributed by atoms with Crippen LogP contribution >= 0.6 is 23.2 Å². The Bertz CT molecular complexity index is 1110. The molecule has 0 saturated heterocycles. The molecule has 0 fully saturated rings. The van der Waals surface area contributed by atoms with Crippen LogP contribution in [0.25, 0.3) is 0 Å². The van der Waals surface area contributed by atoms with Gasteiger partial charge in [0.05, 0.1) is 16.3 Å². The fraction of sp³-hybridized carbons (Fsp3) is 0.0455. The summed E-state index contributed by atoms with van der Waals surface area (Å²) in [4.78, 5) is 24.4. The van der Waals surface area contributed by atoms with Gasteiger partial charge in [-0.25, -0.2) is 9.82 Å². The fourth-order valence-electron chi connectivity index (χ4n) is 2.53. The Morgan fingerprint density at radius 1 is 0.867 bits per heavy atom. The minimum Gasteiger partial charge on any atom is -0.322 e. The maximum atomic E-state index is 12.9. The quantitative estimate of drug-likeness (QED) is 0.401. The molecule has 0 heterocycles. The third-order valence-corrected chi connectivity index (χ3v) is 4.72. The number of hydrogen-bond acceptors (Lipinski definition) is 3. The van der Waals surface area contributed by atoms with Gasteiger partial charge in [0.15, 0.2) is 0 Å². The average Bonchev–Trinajstić information content (AvgIpc) is 2.72. The molecule has 0 aromatic heterocycles. The molecule has 0 bridgehead atoms. The highest BCUT2D eigenvalue weighted by Crippen LogP contribution is 2.22. The lowest BCUT2D eigenvalue weighted by Gasteiger charge is -2.08. The molecule has 2 N–H and O–H groups in total. The van der Waals surface area contributed by atoms with Crippen LogP contribution in [0.2, 0.25) is 10.0 Å². The van der Waals surface area contributed by atoms with Crippen LogP contribution in [0.3, 0.4) is 0 Å². The van der Waals surface area contributed by atoms with Crippen LogP contribution in [0, 0.1) is 5.82 Å². The standard InChI is InChI=1S/C22H16Cl2FN3O2/c1-13(27-28-21(29)15-2-7-17(25)8-3-15)14-4-9-18(10-5-14)26-22(30)19-11-6-16(23)12-20(19)24/h2-12H,1H3,(H,26,30)(H,28,29). The minimum atomic E-state index is -0.446. The van der Waals surface area contributed by atoms with Crippen molar-refractivity contribution >= 4 is 46.4 Å². The predicted octanol–water partition coefficient (Wildman–Crippen LogP) is 5.54. The molecule has 3 aromatic rings. The first kappa shape index (κ1) is 21.5. The maximum Gasteiger partial charge on any atom is 0.271 e. The highest BCUT2D eigenvalue weighted by atomic mass is 35.5. The Morgan fingerprint density at radius 2 is 1.50 bits per heavy atom. The number of hydrazone groups is 1. The van der Waals surface area contributed by atoms with Crippen molar-refractivity contribution in [1.82, 2.24) is 5.43 Å². The van der Waals surface area contributed by atoms with Crippen LogP contribution in [-0.4, -0.2) is 17.5 Å². The molecule has 0 unspecified atom stereocenters. The van der Waals surface area contributed by atoms with Gasteiger partial charge in [0, 0.05) is 16.3 Å². The van der Waals surface area contributed by atoms with Crippen LogP contribution in [0.5, 0.6) is 0 Å². The number of rotatable bonds is 5.